The number of likely N-dealkylation sites (tertiary alicyclic amines) is 1. The summed E-state index contributed by atoms with van der Waals surface area (Å²) in [7, 11) is 1.88. The van der Waals surface area contributed by atoms with Crippen LogP contribution in [-0.2, 0) is 4.79 Å². The summed E-state index contributed by atoms with van der Waals surface area (Å²) in [6.07, 6.45) is -2.78. The summed E-state index contributed by atoms with van der Waals surface area (Å²) >= 11 is 0. The fourth-order valence-corrected chi connectivity index (χ4v) is 1.78. The van der Waals surface area contributed by atoms with Gasteiger partial charge in [0.15, 0.2) is 0 Å². The first-order valence-electron chi connectivity index (χ1n) is 4.71. The van der Waals surface area contributed by atoms with Crippen LogP contribution in [-0.4, -0.2) is 36.5 Å². The van der Waals surface area contributed by atoms with Crippen molar-refractivity contribution in [3.8, 4) is 0 Å². The molecule has 5 heteroatoms. The Morgan fingerprint density at radius 2 is 2.14 bits per heavy atom. The Kier molecular flexibility index (Phi) is 3.53. The number of alkyl halides is 3. The highest BCUT2D eigenvalue weighted by molar-refractivity contribution is 5.83. The van der Waals surface area contributed by atoms with Gasteiger partial charge in [-0.05, 0) is 32.9 Å². The van der Waals surface area contributed by atoms with Crippen molar-refractivity contribution in [3.63, 3.8) is 0 Å². The molecule has 1 saturated heterocycles. The van der Waals surface area contributed by atoms with Crippen molar-refractivity contribution in [2.75, 3.05) is 13.6 Å². The highest BCUT2D eigenvalue weighted by atomic mass is 19.4. The van der Waals surface area contributed by atoms with Gasteiger partial charge in [0.1, 0.15) is 0 Å². The van der Waals surface area contributed by atoms with Crippen molar-refractivity contribution in [3.05, 3.63) is 0 Å². The molecule has 0 radical (unpaired) electrons. The number of hydrogen-bond acceptors (Lipinski definition) is 2. The minimum absolute atomic E-state index is 0.154. The summed E-state index contributed by atoms with van der Waals surface area (Å²) in [5.41, 5.74) is 0. The van der Waals surface area contributed by atoms with E-state index in [1.807, 2.05) is 11.9 Å². The largest absolute Gasteiger partial charge is 0.449 e. The second kappa shape index (κ2) is 4.29. The molecule has 0 aliphatic carbocycles. The molecule has 0 aromatic rings. The number of rotatable bonds is 3. The van der Waals surface area contributed by atoms with Crippen LogP contribution in [0.5, 0.6) is 0 Å². The molecule has 1 fully saturated rings. The first-order chi connectivity index (χ1) is 6.41. The molecule has 0 aromatic heterocycles. The highest BCUT2D eigenvalue weighted by Crippen LogP contribution is 2.23. The Morgan fingerprint density at radius 1 is 1.50 bits per heavy atom. The van der Waals surface area contributed by atoms with Crippen molar-refractivity contribution in [2.45, 2.75) is 37.9 Å². The molecule has 1 atom stereocenters. The minimum atomic E-state index is -4.66. The van der Waals surface area contributed by atoms with Crippen LogP contribution in [0.25, 0.3) is 0 Å². The SMILES string of the molecule is CN1CCCC1CCC(=O)C(F)(F)F. The summed E-state index contributed by atoms with van der Waals surface area (Å²) in [6, 6.07) is 0.154. The van der Waals surface area contributed by atoms with Gasteiger partial charge in [-0.3, -0.25) is 4.79 Å². The molecule has 1 unspecified atom stereocenters. The molecule has 14 heavy (non-hydrogen) atoms. The summed E-state index contributed by atoms with van der Waals surface area (Å²) in [6.45, 7) is 0.922. The first kappa shape index (κ1) is 11.5. The first-order valence-corrected chi connectivity index (χ1v) is 4.71. The lowest BCUT2D eigenvalue weighted by molar-refractivity contribution is -0.171. The van der Waals surface area contributed by atoms with E-state index in [0.717, 1.165) is 19.4 Å². The van der Waals surface area contributed by atoms with E-state index in [9.17, 15) is 18.0 Å². The lowest BCUT2D eigenvalue weighted by Crippen LogP contribution is -2.28. The van der Waals surface area contributed by atoms with Crippen molar-refractivity contribution in [1.29, 1.82) is 0 Å². The fraction of sp³-hybridized carbons (Fsp3) is 0.889. The van der Waals surface area contributed by atoms with Crippen molar-refractivity contribution in [1.82, 2.24) is 4.90 Å². The van der Waals surface area contributed by atoms with E-state index >= 15 is 0 Å². The third kappa shape index (κ3) is 2.97. The Hall–Kier alpha value is -0.580. The molecule has 0 saturated carbocycles. The zero-order valence-electron chi connectivity index (χ0n) is 8.10. The van der Waals surface area contributed by atoms with Crippen LogP contribution in [0.3, 0.4) is 0 Å². The molecular formula is C9H14F3NO. The molecule has 0 N–H and O–H groups in total. The van der Waals surface area contributed by atoms with Gasteiger partial charge in [0.2, 0.25) is 5.78 Å². The maximum absolute atomic E-state index is 11.9. The minimum Gasteiger partial charge on any atom is -0.303 e. The molecular weight excluding hydrogens is 195 g/mol. The molecule has 1 heterocycles. The second-order valence-electron chi connectivity index (χ2n) is 3.74. The van der Waals surface area contributed by atoms with Crippen molar-refractivity contribution < 1.29 is 18.0 Å². The Balaban J connectivity index is 2.30. The Bertz CT molecular complexity index is 215. The predicted molar refractivity (Wildman–Crippen MR) is 45.9 cm³/mol. The Labute approximate surface area is 81.1 Å². The van der Waals surface area contributed by atoms with Crippen LogP contribution in [0, 0.1) is 0 Å². The number of carbonyl (C=O) groups is 1. The van der Waals surface area contributed by atoms with Gasteiger partial charge in [0, 0.05) is 12.5 Å². The van der Waals surface area contributed by atoms with Gasteiger partial charge in [-0.15, -0.1) is 0 Å². The van der Waals surface area contributed by atoms with Crippen molar-refractivity contribution >= 4 is 5.78 Å². The maximum atomic E-state index is 11.9. The number of hydrogen-bond donors (Lipinski definition) is 0. The van der Waals surface area contributed by atoms with E-state index in [1.165, 1.54) is 0 Å². The van der Waals surface area contributed by atoms with Gasteiger partial charge in [-0.25, -0.2) is 0 Å². The molecule has 1 aliphatic heterocycles. The lowest BCUT2D eigenvalue weighted by Gasteiger charge is -2.18. The highest BCUT2D eigenvalue weighted by Gasteiger charge is 2.38. The van der Waals surface area contributed by atoms with Crippen LogP contribution < -0.4 is 0 Å². The zero-order valence-corrected chi connectivity index (χ0v) is 8.10. The van der Waals surface area contributed by atoms with Crippen LogP contribution in [0.15, 0.2) is 0 Å². The average Bonchev–Trinajstić information content (AvgIpc) is 2.45. The number of nitrogens with zero attached hydrogens (tertiary/aromatic N) is 1. The standard InChI is InChI=1S/C9H14F3NO/c1-13-6-2-3-7(13)4-5-8(14)9(10,11)12/h7H,2-6H2,1H3. The number of Topliss-reactive ketones (excluding diaryl/α,β-unsaturated/α-hetero) is 1. The van der Waals surface area contributed by atoms with Gasteiger partial charge >= 0.3 is 6.18 Å². The Morgan fingerprint density at radius 3 is 2.57 bits per heavy atom. The van der Waals surface area contributed by atoms with E-state index < -0.39 is 12.0 Å². The molecule has 0 spiro atoms. The fourth-order valence-electron chi connectivity index (χ4n) is 1.78. The average molecular weight is 209 g/mol. The lowest BCUT2D eigenvalue weighted by atomic mass is 10.1. The van der Waals surface area contributed by atoms with E-state index in [2.05, 4.69) is 0 Å². The number of halogens is 3. The molecule has 1 aliphatic rings. The van der Waals surface area contributed by atoms with Crippen LogP contribution in [0.1, 0.15) is 25.7 Å². The van der Waals surface area contributed by atoms with Crippen LogP contribution in [0.4, 0.5) is 13.2 Å². The smallest absolute Gasteiger partial charge is 0.303 e. The zero-order chi connectivity index (χ0) is 10.8. The monoisotopic (exact) mass is 209 g/mol. The van der Waals surface area contributed by atoms with Crippen LogP contribution >= 0.6 is 0 Å². The third-order valence-electron chi connectivity index (χ3n) is 2.69. The van der Waals surface area contributed by atoms with Crippen molar-refractivity contribution in [2.24, 2.45) is 0 Å². The molecule has 82 valence electrons. The molecule has 0 aromatic carbocycles. The molecule has 2 nitrogen and oxygen atoms in total. The quantitative estimate of drug-likeness (QED) is 0.708. The van der Waals surface area contributed by atoms with Gasteiger partial charge < -0.3 is 4.90 Å². The second-order valence-corrected chi connectivity index (χ2v) is 3.74. The van der Waals surface area contributed by atoms with E-state index in [0.29, 0.717) is 6.42 Å². The van der Waals surface area contributed by atoms with E-state index in [-0.39, 0.29) is 12.5 Å². The van der Waals surface area contributed by atoms with Crippen LogP contribution in [0.2, 0.25) is 0 Å². The molecule has 0 amide bonds. The molecule has 0 bridgehead atoms. The number of carbonyl (C=O) groups excluding carboxylic acids is 1. The predicted octanol–water partition coefficient (Wildman–Crippen LogP) is 1.99. The summed E-state index contributed by atoms with van der Waals surface area (Å²) < 4.78 is 35.6. The van der Waals surface area contributed by atoms with E-state index in [4.69, 9.17) is 0 Å². The van der Waals surface area contributed by atoms with Gasteiger partial charge in [-0.1, -0.05) is 0 Å². The van der Waals surface area contributed by atoms with Gasteiger partial charge in [0.05, 0.1) is 0 Å². The van der Waals surface area contributed by atoms with Gasteiger partial charge in [0.25, 0.3) is 0 Å². The summed E-state index contributed by atoms with van der Waals surface area (Å²) in [4.78, 5) is 12.6. The normalized spacial score (nSPS) is 24.1. The number of ketones is 1. The van der Waals surface area contributed by atoms with E-state index in [1.54, 1.807) is 0 Å². The third-order valence-corrected chi connectivity index (χ3v) is 2.69. The summed E-state index contributed by atoms with van der Waals surface area (Å²) in [5, 5.41) is 0. The molecule has 1 rings (SSSR count). The van der Waals surface area contributed by atoms with Gasteiger partial charge in [-0.2, -0.15) is 13.2 Å². The topological polar surface area (TPSA) is 20.3 Å². The summed E-state index contributed by atoms with van der Waals surface area (Å²) in [5.74, 6) is -1.60. The maximum Gasteiger partial charge on any atom is 0.449 e.